The van der Waals surface area contributed by atoms with Gasteiger partial charge in [-0.1, -0.05) is 30.7 Å². The van der Waals surface area contributed by atoms with Crippen molar-refractivity contribution < 1.29 is 5.11 Å². The number of aliphatic hydroxyl groups is 1. The van der Waals surface area contributed by atoms with Gasteiger partial charge in [0.2, 0.25) is 0 Å². The van der Waals surface area contributed by atoms with Gasteiger partial charge in [-0.2, -0.15) is 0 Å². The van der Waals surface area contributed by atoms with E-state index < -0.39 is 0 Å². The Morgan fingerprint density at radius 3 is 2.55 bits per heavy atom. The van der Waals surface area contributed by atoms with Gasteiger partial charge in [-0.25, -0.2) is 0 Å². The molecule has 0 saturated carbocycles. The first-order valence-electron chi connectivity index (χ1n) is 4.30. The molecule has 0 rings (SSSR count). The Labute approximate surface area is 69.4 Å². The number of aliphatic hydroxyl groups excluding tert-OH is 1. The second-order valence-corrected chi connectivity index (χ2v) is 2.53. The van der Waals surface area contributed by atoms with Gasteiger partial charge < -0.3 is 5.11 Å². The molecule has 0 atom stereocenters. The molecule has 0 unspecified atom stereocenters. The van der Waals surface area contributed by atoms with Crippen LogP contribution in [0.1, 0.15) is 32.6 Å². The summed E-state index contributed by atoms with van der Waals surface area (Å²) in [6.45, 7) is 2.34. The summed E-state index contributed by atoms with van der Waals surface area (Å²) in [4.78, 5) is 0. The SMILES string of the molecule is C/C=C\C=C/CCCCCO. The number of unbranched alkanes of at least 4 members (excludes halogenated alkanes) is 3. The molecule has 1 N–H and O–H groups in total. The Balaban J connectivity index is 3.01. The first-order chi connectivity index (χ1) is 5.41. The standard InChI is InChI=1S/C10H18O/c1-2-3-4-5-6-7-8-9-10-11/h2-5,11H,6-10H2,1H3/b3-2-,5-4-. The van der Waals surface area contributed by atoms with E-state index in [0.29, 0.717) is 6.61 Å². The smallest absolute Gasteiger partial charge is 0.0431 e. The zero-order valence-corrected chi connectivity index (χ0v) is 7.29. The summed E-state index contributed by atoms with van der Waals surface area (Å²) in [6, 6.07) is 0. The lowest BCUT2D eigenvalue weighted by atomic mass is 10.2. The van der Waals surface area contributed by atoms with Gasteiger partial charge in [-0.15, -0.1) is 0 Å². The molecule has 64 valence electrons. The van der Waals surface area contributed by atoms with Crippen molar-refractivity contribution in [3.05, 3.63) is 24.3 Å². The van der Waals surface area contributed by atoms with E-state index >= 15 is 0 Å². The van der Waals surface area contributed by atoms with E-state index in [9.17, 15) is 0 Å². The molecule has 0 aliphatic carbocycles. The fourth-order valence-electron chi connectivity index (χ4n) is 0.837. The molecular formula is C10H18O. The summed E-state index contributed by atoms with van der Waals surface area (Å²) in [5.74, 6) is 0. The van der Waals surface area contributed by atoms with Crippen LogP contribution in [-0.4, -0.2) is 11.7 Å². The lowest BCUT2D eigenvalue weighted by Crippen LogP contribution is -1.81. The third-order valence-corrected chi connectivity index (χ3v) is 1.47. The number of rotatable bonds is 6. The lowest BCUT2D eigenvalue weighted by molar-refractivity contribution is 0.283. The van der Waals surface area contributed by atoms with Crippen molar-refractivity contribution in [1.82, 2.24) is 0 Å². The molecule has 1 heteroatoms. The van der Waals surface area contributed by atoms with Gasteiger partial charge >= 0.3 is 0 Å². The minimum Gasteiger partial charge on any atom is -0.396 e. The molecule has 0 aliphatic rings. The number of allylic oxidation sites excluding steroid dienone is 4. The summed E-state index contributed by atoms with van der Waals surface area (Å²) in [6.07, 6.45) is 12.7. The number of hydrogen-bond donors (Lipinski definition) is 1. The first-order valence-corrected chi connectivity index (χ1v) is 4.30. The van der Waals surface area contributed by atoms with Crippen LogP contribution in [0.4, 0.5) is 0 Å². The Morgan fingerprint density at radius 1 is 1.09 bits per heavy atom. The second-order valence-electron chi connectivity index (χ2n) is 2.53. The predicted molar refractivity (Wildman–Crippen MR) is 49.5 cm³/mol. The molecule has 0 radical (unpaired) electrons. The van der Waals surface area contributed by atoms with E-state index in [1.165, 1.54) is 6.42 Å². The van der Waals surface area contributed by atoms with Gasteiger partial charge in [-0.05, 0) is 26.2 Å². The molecule has 1 nitrogen and oxygen atoms in total. The summed E-state index contributed by atoms with van der Waals surface area (Å²) in [5.41, 5.74) is 0. The maximum atomic E-state index is 8.48. The Hall–Kier alpha value is -0.560. The van der Waals surface area contributed by atoms with Crippen LogP contribution in [0.25, 0.3) is 0 Å². The minimum atomic E-state index is 0.332. The van der Waals surface area contributed by atoms with E-state index in [4.69, 9.17) is 5.11 Å². The van der Waals surface area contributed by atoms with Gasteiger partial charge in [0.1, 0.15) is 0 Å². The summed E-state index contributed by atoms with van der Waals surface area (Å²) in [5, 5.41) is 8.48. The molecular weight excluding hydrogens is 136 g/mol. The van der Waals surface area contributed by atoms with Gasteiger partial charge in [-0.3, -0.25) is 0 Å². The zero-order valence-electron chi connectivity index (χ0n) is 7.29. The highest BCUT2D eigenvalue weighted by Gasteiger charge is 1.83. The Kier molecular flexibility index (Phi) is 8.96. The molecule has 0 fully saturated rings. The molecule has 0 spiro atoms. The van der Waals surface area contributed by atoms with Crippen LogP contribution in [0.5, 0.6) is 0 Å². The normalized spacial score (nSPS) is 11.8. The van der Waals surface area contributed by atoms with E-state index in [-0.39, 0.29) is 0 Å². The van der Waals surface area contributed by atoms with Crippen molar-refractivity contribution >= 4 is 0 Å². The molecule has 0 aliphatic heterocycles. The van der Waals surface area contributed by atoms with Gasteiger partial charge in [0.15, 0.2) is 0 Å². The quantitative estimate of drug-likeness (QED) is 0.460. The highest BCUT2D eigenvalue weighted by atomic mass is 16.2. The van der Waals surface area contributed by atoms with Crippen molar-refractivity contribution in [2.24, 2.45) is 0 Å². The van der Waals surface area contributed by atoms with Crippen molar-refractivity contribution in [3.63, 3.8) is 0 Å². The maximum absolute atomic E-state index is 8.48. The van der Waals surface area contributed by atoms with Crippen LogP contribution in [0, 0.1) is 0 Å². The fraction of sp³-hybridized carbons (Fsp3) is 0.600. The largest absolute Gasteiger partial charge is 0.396 e. The predicted octanol–water partition coefficient (Wildman–Crippen LogP) is 2.67. The van der Waals surface area contributed by atoms with Crippen molar-refractivity contribution in [1.29, 1.82) is 0 Å². The van der Waals surface area contributed by atoms with E-state index in [1.54, 1.807) is 0 Å². The molecule has 0 aromatic heterocycles. The first kappa shape index (κ1) is 10.4. The van der Waals surface area contributed by atoms with Crippen molar-refractivity contribution in [3.8, 4) is 0 Å². The van der Waals surface area contributed by atoms with Crippen LogP contribution in [0.15, 0.2) is 24.3 Å². The minimum absolute atomic E-state index is 0.332. The average molecular weight is 154 g/mol. The van der Waals surface area contributed by atoms with Crippen LogP contribution in [0.2, 0.25) is 0 Å². The summed E-state index contributed by atoms with van der Waals surface area (Å²) < 4.78 is 0. The lowest BCUT2D eigenvalue weighted by Gasteiger charge is -1.92. The monoisotopic (exact) mass is 154 g/mol. The van der Waals surface area contributed by atoms with Crippen LogP contribution in [0.3, 0.4) is 0 Å². The molecule has 0 aromatic rings. The van der Waals surface area contributed by atoms with Gasteiger partial charge in [0.05, 0.1) is 0 Å². The maximum Gasteiger partial charge on any atom is 0.0431 e. The van der Waals surface area contributed by atoms with Crippen molar-refractivity contribution in [2.75, 3.05) is 6.61 Å². The zero-order chi connectivity index (χ0) is 8.36. The molecule has 0 amide bonds. The second kappa shape index (κ2) is 9.44. The Morgan fingerprint density at radius 2 is 1.91 bits per heavy atom. The molecule has 0 heterocycles. The average Bonchev–Trinajstić information content (AvgIpc) is 2.03. The molecule has 0 bridgehead atoms. The van der Waals surface area contributed by atoms with Gasteiger partial charge in [0, 0.05) is 6.61 Å². The fourth-order valence-corrected chi connectivity index (χ4v) is 0.837. The molecule has 0 saturated heterocycles. The van der Waals surface area contributed by atoms with Crippen LogP contribution >= 0.6 is 0 Å². The third kappa shape index (κ3) is 9.44. The van der Waals surface area contributed by atoms with Crippen LogP contribution in [-0.2, 0) is 0 Å². The van der Waals surface area contributed by atoms with Crippen LogP contribution < -0.4 is 0 Å². The van der Waals surface area contributed by atoms with E-state index in [0.717, 1.165) is 19.3 Å². The van der Waals surface area contributed by atoms with E-state index in [1.807, 2.05) is 19.1 Å². The van der Waals surface area contributed by atoms with Gasteiger partial charge in [0.25, 0.3) is 0 Å². The Bertz CT molecular complexity index is 114. The molecule has 0 aromatic carbocycles. The highest BCUT2D eigenvalue weighted by Crippen LogP contribution is 1.99. The number of hydrogen-bond acceptors (Lipinski definition) is 1. The topological polar surface area (TPSA) is 20.2 Å². The molecule has 11 heavy (non-hydrogen) atoms. The summed E-state index contributed by atoms with van der Waals surface area (Å²) in [7, 11) is 0. The van der Waals surface area contributed by atoms with E-state index in [2.05, 4.69) is 12.2 Å². The van der Waals surface area contributed by atoms with Crippen molar-refractivity contribution in [2.45, 2.75) is 32.6 Å². The highest BCUT2D eigenvalue weighted by molar-refractivity contribution is 5.00. The summed E-state index contributed by atoms with van der Waals surface area (Å²) >= 11 is 0. The third-order valence-electron chi connectivity index (χ3n) is 1.47.